The third kappa shape index (κ3) is 9.68. The van der Waals surface area contributed by atoms with E-state index in [0.29, 0.717) is 12.7 Å². The van der Waals surface area contributed by atoms with E-state index < -0.39 is 41.9 Å². The molecule has 0 aliphatic carbocycles. The van der Waals surface area contributed by atoms with Gasteiger partial charge in [0.1, 0.15) is 30.2 Å². The van der Waals surface area contributed by atoms with Gasteiger partial charge < -0.3 is 36.2 Å². The molecule has 3 rings (SSSR count). The van der Waals surface area contributed by atoms with Crippen molar-refractivity contribution in [1.29, 1.82) is 0 Å². The molecule has 4 atom stereocenters. The predicted molar refractivity (Wildman–Crippen MR) is 168 cm³/mol. The molecule has 0 unspecified atom stereocenters. The van der Waals surface area contributed by atoms with Crippen molar-refractivity contribution < 1.29 is 29.1 Å². The number of nitrogens with one attached hydrogen (secondary N) is 5. The van der Waals surface area contributed by atoms with Crippen molar-refractivity contribution in [2.45, 2.75) is 78.0 Å². The minimum Gasteiger partial charge on any atom is -0.508 e. The molecule has 0 fully saturated rings. The van der Waals surface area contributed by atoms with Crippen molar-refractivity contribution in [2.24, 2.45) is 11.8 Å². The van der Waals surface area contributed by atoms with Crippen LogP contribution in [0.15, 0.2) is 54.7 Å². The Hall–Kier alpha value is -4.67. The Morgan fingerprint density at radius 2 is 1.48 bits per heavy atom. The van der Waals surface area contributed by atoms with Gasteiger partial charge in [-0.1, -0.05) is 58.0 Å². The van der Waals surface area contributed by atoms with Crippen molar-refractivity contribution in [1.82, 2.24) is 26.3 Å². The number of phenols is 1. The summed E-state index contributed by atoms with van der Waals surface area (Å²) in [5.41, 5.74) is 2.48. The average Bonchev–Trinajstić information content (AvgIpc) is 3.37. The van der Waals surface area contributed by atoms with Crippen LogP contribution < -0.4 is 21.3 Å². The Kier molecular flexibility index (Phi) is 12.1. The Morgan fingerprint density at radius 3 is 2.09 bits per heavy atom. The number of fused-ring (bicyclic) bond motifs is 1. The molecule has 0 spiro atoms. The molecule has 11 nitrogen and oxygen atoms in total. The van der Waals surface area contributed by atoms with Gasteiger partial charge in [0.05, 0.1) is 6.04 Å². The first-order valence-corrected chi connectivity index (χ1v) is 14.8. The van der Waals surface area contributed by atoms with Gasteiger partial charge in [0.2, 0.25) is 23.6 Å². The lowest BCUT2D eigenvalue weighted by molar-refractivity contribution is -0.134. The van der Waals surface area contributed by atoms with Crippen LogP contribution in [0.25, 0.3) is 10.9 Å². The van der Waals surface area contributed by atoms with Crippen molar-refractivity contribution in [3.05, 3.63) is 65.9 Å². The molecule has 236 valence electrons. The van der Waals surface area contributed by atoms with Crippen LogP contribution in [0, 0.1) is 11.8 Å². The summed E-state index contributed by atoms with van der Waals surface area (Å²) in [6, 6.07) is 10.2. The van der Waals surface area contributed by atoms with Gasteiger partial charge in [0.25, 0.3) is 0 Å². The molecule has 44 heavy (non-hydrogen) atoms. The van der Waals surface area contributed by atoms with Crippen LogP contribution in [0.3, 0.4) is 0 Å². The first-order chi connectivity index (χ1) is 20.9. The van der Waals surface area contributed by atoms with Crippen molar-refractivity contribution in [3.8, 4) is 5.75 Å². The molecule has 0 radical (unpaired) electrons. The number of aromatic hydroxyl groups is 1. The minimum absolute atomic E-state index is 0.0231. The molecule has 1 aromatic heterocycles. The normalized spacial score (nSPS) is 14.0. The van der Waals surface area contributed by atoms with Crippen molar-refractivity contribution >= 4 is 40.8 Å². The zero-order chi connectivity index (χ0) is 32.4. The number of aromatic nitrogens is 1. The van der Waals surface area contributed by atoms with Crippen LogP contribution in [0.2, 0.25) is 0 Å². The Morgan fingerprint density at radius 1 is 0.818 bits per heavy atom. The number of phenolic OH excluding ortho intramolecular Hbond substituents is 1. The number of aromatic amines is 1. The number of para-hydroxylation sites is 1. The van der Waals surface area contributed by atoms with E-state index >= 15 is 0 Å². The highest BCUT2D eigenvalue weighted by atomic mass is 16.3. The predicted octanol–water partition coefficient (Wildman–Crippen LogP) is 2.52. The largest absolute Gasteiger partial charge is 0.508 e. The van der Waals surface area contributed by atoms with Crippen LogP contribution in [-0.4, -0.2) is 64.2 Å². The van der Waals surface area contributed by atoms with Gasteiger partial charge in [-0.3, -0.25) is 19.2 Å². The smallest absolute Gasteiger partial charge is 0.243 e. The molecule has 0 aliphatic rings. The van der Waals surface area contributed by atoms with Crippen LogP contribution in [0.4, 0.5) is 0 Å². The first kappa shape index (κ1) is 33.8. The second-order valence-corrected chi connectivity index (χ2v) is 11.9. The van der Waals surface area contributed by atoms with Crippen LogP contribution in [0.1, 0.15) is 52.2 Å². The standard InChI is InChI=1S/C33H43N5O6/c1-19(2)14-28(37-31(42)29(35-21(5)40)16-23-17-34-27-9-7-6-8-26(23)27)32(43)38-30(20(3)4)33(44)36-24(18-39)15-22-10-12-25(41)13-11-22/h6-13,17-20,24,28-30,34,41H,14-16H2,1-5H3,(H,35,40)(H,36,44)(H,37,42)(H,38,43)/t24-,28-,29-,30-/m0/s1. The second-order valence-electron chi connectivity index (χ2n) is 11.9. The summed E-state index contributed by atoms with van der Waals surface area (Å²) in [6.45, 7) is 8.69. The number of rotatable bonds is 15. The van der Waals surface area contributed by atoms with E-state index in [4.69, 9.17) is 0 Å². The average molecular weight is 606 g/mol. The van der Waals surface area contributed by atoms with Crippen LogP contribution in [0.5, 0.6) is 5.75 Å². The Bertz CT molecular complexity index is 1450. The fourth-order valence-corrected chi connectivity index (χ4v) is 5.03. The lowest BCUT2D eigenvalue weighted by Gasteiger charge is -2.28. The summed E-state index contributed by atoms with van der Waals surface area (Å²) in [4.78, 5) is 67.3. The summed E-state index contributed by atoms with van der Waals surface area (Å²) in [5, 5.41) is 21.4. The van der Waals surface area contributed by atoms with E-state index in [-0.39, 0.29) is 36.3 Å². The molecule has 3 aromatic rings. The maximum Gasteiger partial charge on any atom is 0.243 e. The number of benzene rings is 2. The van der Waals surface area contributed by atoms with Crippen LogP contribution in [-0.2, 0) is 36.8 Å². The number of amides is 4. The topological polar surface area (TPSA) is 169 Å². The highest BCUT2D eigenvalue weighted by Crippen LogP contribution is 2.19. The monoisotopic (exact) mass is 605 g/mol. The lowest BCUT2D eigenvalue weighted by atomic mass is 9.98. The van der Waals surface area contributed by atoms with Gasteiger partial charge in [0.15, 0.2) is 0 Å². The molecule has 0 bridgehead atoms. The van der Waals surface area contributed by atoms with Crippen molar-refractivity contribution in [2.75, 3.05) is 0 Å². The van der Waals surface area contributed by atoms with Gasteiger partial charge in [-0.2, -0.15) is 0 Å². The van der Waals surface area contributed by atoms with Gasteiger partial charge in [-0.15, -0.1) is 0 Å². The number of hydrogen-bond donors (Lipinski definition) is 6. The number of H-pyrrole nitrogens is 1. The maximum atomic E-state index is 13.6. The fourth-order valence-electron chi connectivity index (χ4n) is 5.03. The number of carbonyl (C=O) groups is 5. The molecule has 0 saturated heterocycles. The summed E-state index contributed by atoms with van der Waals surface area (Å²) >= 11 is 0. The minimum atomic E-state index is -0.978. The summed E-state index contributed by atoms with van der Waals surface area (Å²) in [5.74, 6) is -2.20. The highest BCUT2D eigenvalue weighted by Gasteiger charge is 2.32. The maximum absolute atomic E-state index is 13.6. The van der Waals surface area contributed by atoms with E-state index in [1.165, 1.54) is 19.1 Å². The molecule has 0 saturated carbocycles. The molecule has 1 heterocycles. The summed E-state index contributed by atoms with van der Waals surface area (Å²) < 4.78 is 0. The summed E-state index contributed by atoms with van der Waals surface area (Å²) in [7, 11) is 0. The number of hydrogen-bond acceptors (Lipinski definition) is 6. The van der Waals surface area contributed by atoms with E-state index in [1.54, 1.807) is 32.2 Å². The van der Waals surface area contributed by atoms with E-state index in [0.717, 1.165) is 22.0 Å². The molecule has 4 amide bonds. The van der Waals surface area contributed by atoms with Gasteiger partial charge in [-0.25, -0.2) is 0 Å². The molecule has 2 aromatic carbocycles. The third-order valence-corrected chi connectivity index (χ3v) is 7.26. The zero-order valence-corrected chi connectivity index (χ0v) is 25.8. The quantitative estimate of drug-likeness (QED) is 0.146. The number of aldehydes is 1. The Labute approximate surface area is 257 Å². The fraction of sp³-hybridized carbons (Fsp3) is 0.424. The second kappa shape index (κ2) is 15.7. The molecular weight excluding hydrogens is 562 g/mol. The lowest BCUT2D eigenvalue weighted by Crippen LogP contribution is -2.59. The van der Waals surface area contributed by atoms with Gasteiger partial charge >= 0.3 is 0 Å². The van der Waals surface area contributed by atoms with E-state index in [1.807, 2.05) is 38.1 Å². The SMILES string of the molecule is CC(=O)N[C@@H](Cc1c[nH]c2ccccc12)C(=O)N[C@@H](CC(C)C)C(=O)N[C@H](C(=O)N[C@H](C=O)Cc1ccc(O)cc1)C(C)C. The molecular formula is C33H43N5O6. The highest BCUT2D eigenvalue weighted by molar-refractivity contribution is 5.95. The van der Waals surface area contributed by atoms with E-state index in [2.05, 4.69) is 26.3 Å². The van der Waals surface area contributed by atoms with Crippen molar-refractivity contribution in [3.63, 3.8) is 0 Å². The molecule has 0 aliphatic heterocycles. The first-order valence-electron chi connectivity index (χ1n) is 14.8. The molecule has 11 heteroatoms. The van der Waals surface area contributed by atoms with Gasteiger partial charge in [-0.05, 0) is 54.0 Å². The number of carbonyl (C=O) groups excluding carboxylic acids is 5. The third-order valence-electron chi connectivity index (χ3n) is 7.26. The van der Waals surface area contributed by atoms with Crippen LogP contribution >= 0.6 is 0 Å². The van der Waals surface area contributed by atoms with E-state index in [9.17, 15) is 29.1 Å². The summed E-state index contributed by atoms with van der Waals surface area (Å²) in [6.07, 6.45) is 3.13. The van der Waals surface area contributed by atoms with Gasteiger partial charge in [0, 0.05) is 30.4 Å². The zero-order valence-electron chi connectivity index (χ0n) is 25.8. The Balaban J connectivity index is 1.73. The molecule has 6 N–H and O–H groups in total.